The number of carbonyl (C=O) groups excluding carboxylic acids is 3. The minimum absolute atomic E-state index is 0.0730. The first-order valence-electron chi connectivity index (χ1n) is 8.62. The van der Waals surface area contributed by atoms with E-state index in [0.717, 1.165) is 12.8 Å². The summed E-state index contributed by atoms with van der Waals surface area (Å²) < 4.78 is 40.1. The van der Waals surface area contributed by atoms with Crippen LogP contribution >= 0.6 is 12.0 Å². The van der Waals surface area contributed by atoms with Gasteiger partial charge in [-0.25, -0.2) is 4.79 Å². The van der Waals surface area contributed by atoms with Gasteiger partial charge in [0, 0.05) is 11.8 Å². The van der Waals surface area contributed by atoms with Gasteiger partial charge in [0.25, 0.3) is 0 Å². The lowest BCUT2D eigenvalue weighted by atomic mass is 9.53. The zero-order valence-electron chi connectivity index (χ0n) is 14.5. The summed E-state index contributed by atoms with van der Waals surface area (Å²) in [6.45, 7) is 0.779. The molecule has 0 heterocycles. The predicted octanol–water partition coefficient (Wildman–Crippen LogP) is 1.32. The van der Waals surface area contributed by atoms with Crippen LogP contribution in [0.1, 0.15) is 39.0 Å². The molecule has 27 heavy (non-hydrogen) atoms. The first-order valence-corrected chi connectivity index (χ1v) is 9.36. The van der Waals surface area contributed by atoms with Crippen molar-refractivity contribution in [3.05, 3.63) is 0 Å². The van der Waals surface area contributed by atoms with Crippen LogP contribution in [0.5, 0.6) is 0 Å². The van der Waals surface area contributed by atoms with Crippen molar-refractivity contribution in [1.29, 1.82) is 0 Å². The van der Waals surface area contributed by atoms with Crippen LogP contribution in [0.25, 0.3) is 0 Å². The molecule has 0 saturated heterocycles. The lowest BCUT2D eigenvalue weighted by Crippen LogP contribution is -2.57. The number of halogens is 2. The van der Waals surface area contributed by atoms with E-state index >= 15 is 0 Å². The van der Waals surface area contributed by atoms with Crippen LogP contribution in [0.3, 0.4) is 0 Å². The number of ether oxygens (including phenoxy) is 2. The molecule has 4 saturated carbocycles. The van der Waals surface area contributed by atoms with Crippen LogP contribution in [0.15, 0.2) is 0 Å². The molecule has 0 aromatic heterocycles. The number of esters is 2. The molecule has 0 amide bonds. The zero-order chi connectivity index (χ0) is 19.8. The number of alkyl halides is 2. The second kappa shape index (κ2) is 7.61. The van der Waals surface area contributed by atoms with Gasteiger partial charge in [0.05, 0.1) is 5.92 Å². The van der Waals surface area contributed by atoms with E-state index in [9.17, 15) is 28.4 Å². The molecular formula is C16H19F2O8S-. The van der Waals surface area contributed by atoms with E-state index in [1.165, 1.54) is 6.92 Å². The molecule has 152 valence electrons. The second-order valence-corrected chi connectivity index (χ2v) is 8.40. The molecule has 11 heteroatoms. The van der Waals surface area contributed by atoms with E-state index < -0.39 is 47.4 Å². The Morgan fingerprint density at radius 2 is 1.93 bits per heavy atom. The van der Waals surface area contributed by atoms with Crippen molar-refractivity contribution < 1.29 is 47.3 Å². The summed E-state index contributed by atoms with van der Waals surface area (Å²) in [6.07, 6.45) is 3.37. The number of hydrogen-bond acceptors (Lipinski definition) is 9. The molecule has 8 nitrogen and oxygen atoms in total. The van der Waals surface area contributed by atoms with Crippen molar-refractivity contribution in [3.8, 4) is 0 Å². The van der Waals surface area contributed by atoms with Crippen LogP contribution in [-0.2, 0) is 33.2 Å². The van der Waals surface area contributed by atoms with Gasteiger partial charge in [0.15, 0.2) is 0 Å². The van der Waals surface area contributed by atoms with Crippen LogP contribution in [-0.4, -0.2) is 35.2 Å². The lowest BCUT2D eigenvalue weighted by Gasteiger charge is -2.54. The molecule has 0 spiro atoms. The standard InChI is InChI=1S/C16H20F2O8S/c1-8(7-23-14(21)16(17,18)27-26-25-22)13(20)24-15-4-9-2-10(5-15)12(19)11(3-9)6-15/h8-11,22H,2-7H2,1H3/p-1. The van der Waals surface area contributed by atoms with Crippen LogP contribution in [0.2, 0.25) is 0 Å². The number of ketones is 1. The quantitative estimate of drug-likeness (QED) is 0.254. The zero-order valence-corrected chi connectivity index (χ0v) is 15.3. The molecule has 0 aromatic carbocycles. The van der Waals surface area contributed by atoms with Gasteiger partial charge in [0.2, 0.25) is 0 Å². The van der Waals surface area contributed by atoms with Gasteiger partial charge in [0.1, 0.15) is 30.0 Å². The SMILES string of the molecule is CC(COC(=O)C(F)(F)SOO[O-])C(=O)OC12CC3CC(C1)C(=O)C(C3)C2. The molecule has 4 bridgehead atoms. The molecular weight excluding hydrogens is 390 g/mol. The number of carbonyl (C=O) groups is 3. The van der Waals surface area contributed by atoms with Crippen molar-refractivity contribution in [2.24, 2.45) is 23.7 Å². The van der Waals surface area contributed by atoms with E-state index in [-0.39, 0.29) is 17.6 Å². The highest BCUT2D eigenvalue weighted by Crippen LogP contribution is 2.55. The molecule has 0 radical (unpaired) electrons. The largest absolute Gasteiger partial charge is 0.691 e. The van der Waals surface area contributed by atoms with Crippen molar-refractivity contribution in [3.63, 3.8) is 0 Å². The van der Waals surface area contributed by atoms with Crippen LogP contribution in [0, 0.1) is 23.7 Å². The highest BCUT2D eigenvalue weighted by Gasteiger charge is 2.57. The van der Waals surface area contributed by atoms with Gasteiger partial charge in [-0.15, -0.1) is 0 Å². The van der Waals surface area contributed by atoms with Gasteiger partial charge in [-0.1, -0.05) is 0 Å². The van der Waals surface area contributed by atoms with E-state index in [0.29, 0.717) is 25.2 Å². The summed E-state index contributed by atoms with van der Waals surface area (Å²) in [6, 6.07) is 0. The van der Waals surface area contributed by atoms with Gasteiger partial charge in [-0.3, -0.25) is 14.6 Å². The molecule has 0 N–H and O–H groups in total. The van der Waals surface area contributed by atoms with Crippen molar-refractivity contribution in [2.75, 3.05) is 6.61 Å². The molecule has 4 fully saturated rings. The Balaban J connectivity index is 1.51. The third-order valence-electron chi connectivity index (χ3n) is 5.53. The molecule has 0 aliphatic heterocycles. The molecule has 0 aromatic rings. The molecule has 4 rings (SSSR count). The number of rotatable bonds is 8. The summed E-state index contributed by atoms with van der Waals surface area (Å²) >= 11 is -0.799. The first kappa shape index (κ1) is 20.4. The Morgan fingerprint density at radius 3 is 2.52 bits per heavy atom. The Kier molecular flexibility index (Phi) is 5.76. The summed E-state index contributed by atoms with van der Waals surface area (Å²) in [4.78, 5) is 35.9. The van der Waals surface area contributed by atoms with Gasteiger partial charge in [-0.2, -0.15) is 13.1 Å². The third-order valence-corrected chi connectivity index (χ3v) is 6.03. The average Bonchev–Trinajstić information content (AvgIpc) is 2.60. The second-order valence-electron chi connectivity index (χ2n) is 7.59. The van der Waals surface area contributed by atoms with Crippen LogP contribution < -0.4 is 5.26 Å². The highest BCUT2D eigenvalue weighted by molar-refractivity contribution is 7.96. The fourth-order valence-electron chi connectivity index (χ4n) is 4.56. The summed E-state index contributed by atoms with van der Waals surface area (Å²) in [5.41, 5.74) is -0.682. The maximum Gasteiger partial charge on any atom is 0.415 e. The van der Waals surface area contributed by atoms with E-state index in [1.807, 2.05) is 0 Å². The minimum Gasteiger partial charge on any atom is -0.691 e. The Hall–Kier alpha value is -1.30. The number of hydrogen-bond donors (Lipinski definition) is 0. The molecule has 4 aliphatic carbocycles. The normalized spacial score (nSPS) is 33.0. The van der Waals surface area contributed by atoms with Crippen LogP contribution in [0.4, 0.5) is 8.78 Å². The number of Topliss-reactive ketones (excluding diaryl/α,β-unsaturated/α-hetero) is 1. The maximum atomic E-state index is 13.3. The van der Waals surface area contributed by atoms with Gasteiger partial charge < -0.3 is 14.7 Å². The van der Waals surface area contributed by atoms with Crippen molar-refractivity contribution >= 4 is 29.8 Å². The summed E-state index contributed by atoms with van der Waals surface area (Å²) in [7, 11) is 0. The smallest absolute Gasteiger partial charge is 0.415 e. The van der Waals surface area contributed by atoms with Gasteiger partial charge in [-0.05, 0) is 44.9 Å². The Morgan fingerprint density at radius 1 is 1.30 bits per heavy atom. The third kappa shape index (κ3) is 4.25. The minimum atomic E-state index is -4.16. The van der Waals surface area contributed by atoms with E-state index in [1.54, 1.807) is 0 Å². The van der Waals surface area contributed by atoms with E-state index in [2.05, 4.69) is 14.1 Å². The average molecular weight is 409 g/mol. The Bertz CT molecular complexity index is 610. The van der Waals surface area contributed by atoms with Crippen molar-refractivity contribution in [2.45, 2.75) is 49.9 Å². The lowest BCUT2D eigenvalue weighted by molar-refractivity contribution is -0.777. The van der Waals surface area contributed by atoms with E-state index in [4.69, 9.17) is 4.74 Å². The maximum absolute atomic E-state index is 13.3. The molecule has 3 unspecified atom stereocenters. The first-order chi connectivity index (χ1) is 12.7. The van der Waals surface area contributed by atoms with Gasteiger partial charge >= 0.3 is 17.2 Å². The Labute approximate surface area is 157 Å². The summed E-state index contributed by atoms with van der Waals surface area (Å²) in [5.74, 6) is -3.12. The topological polar surface area (TPSA) is 111 Å². The highest BCUT2D eigenvalue weighted by atomic mass is 32.2. The fraction of sp³-hybridized carbons (Fsp3) is 0.812. The molecule has 3 atom stereocenters. The predicted molar refractivity (Wildman–Crippen MR) is 82.2 cm³/mol. The fourth-order valence-corrected chi connectivity index (χ4v) is 4.80. The monoisotopic (exact) mass is 409 g/mol. The molecule has 4 aliphatic rings. The summed E-state index contributed by atoms with van der Waals surface area (Å²) in [5, 5.41) is 8.17. The van der Waals surface area contributed by atoms with Crippen molar-refractivity contribution in [1.82, 2.24) is 0 Å².